The van der Waals surface area contributed by atoms with Gasteiger partial charge in [0.15, 0.2) is 5.96 Å². The van der Waals surface area contributed by atoms with Gasteiger partial charge >= 0.3 is 0 Å². The fourth-order valence-electron chi connectivity index (χ4n) is 1.33. The monoisotopic (exact) mass is 223 g/mol. The van der Waals surface area contributed by atoms with Crippen molar-refractivity contribution in [2.24, 2.45) is 5.73 Å². The maximum atomic E-state index is 11.9. The zero-order chi connectivity index (χ0) is 12.0. The normalized spacial score (nSPS) is 9.81. The van der Waals surface area contributed by atoms with Gasteiger partial charge in [0.1, 0.15) is 26.9 Å². The number of rotatable bonds is 5. The van der Waals surface area contributed by atoms with Crippen LogP contribution in [-0.4, -0.2) is 27.1 Å². The van der Waals surface area contributed by atoms with Crippen molar-refractivity contribution in [3.8, 4) is 5.75 Å². The first kappa shape index (κ1) is 12.4. The third kappa shape index (κ3) is 3.80. The summed E-state index contributed by atoms with van der Waals surface area (Å²) in [6, 6.07) is 5.57. The maximum absolute atomic E-state index is 11.9. The molecule has 1 aromatic carbocycles. The Morgan fingerprint density at radius 3 is 2.88 bits per heavy atom. The Morgan fingerprint density at radius 2 is 2.31 bits per heavy atom. The maximum Gasteiger partial charge on any atom is 0.185 e. The molecule has 0 aliphatic rings. The molecule has 0 aliphatic carbocycles. The number of benzene rings is 1. The van der Waals surface area contributed by atoms with E-state index in [0.717, 1.165) is 11.0 Å². The third-order valence-corrected chi connectivity index (χ3v) is 2.06. The van der Waals surface area contributed by atoms with Crippen LogP contribution >= 0.6 is 0 Å². The first-order valence-corrected chi connectivity index (χ1v) is 4.99. The molecule has 0 atom stereocenters. The first-order valence-electron chi connectivity index (χ1n) is 4.99. The van der Waals surface area contributed by atoms with Crippen molar-refractivity contribution >= 4 is 19.3 Å². The highest BCUT2D eigenvalue weighted by Gasteiger charge is 2.01. The van der Waals surface area contributed by atoms with Crippen LogP contribution in [0.5, 0.6) is 5.75 Å². The summed E-state index contributed by atoms with van der Waals surface area (Å²) in [6.07, 6.45) is 0. The molecular weight excluding hydrogens is 208 g/mol. The van der Waals surface area contributed by atoms with Crippen LogP contribution in [0.25, 0.3) is 0 Å². The van der Waals surface area contributed by atoms with E-state index in [2.05, 4.69) is 5.32 Å². The van der Waals surface area contributed by atoms with E-state index in [1.165, 1.54) is 0 Å². The minimum Gasteiger partial charge on any atom is -0.491 e. The number of hydrogen-bond acceptors (Lipinski definition) is 2. The molecule has 0 heterocycles. The SMILES string of the molecule is Bc1cc(CNC(=N)N)ccc1OCCF. The number of ether oxygens (including phenoxy) is 1. The predicted octanol–water partition coefficient (Wildman–Crippen LogP) is -0.724. The van der Waals surface area contributed by atoms with Crippen LogP contribution in [-0.2, 0) is 6.54 Å². The minimum absolute atomic E-state index is 0.0598. The summed E-state index contributed by atoms with van der Waals surface area (Å²) in [5.74, 6) is 0.625. The number of nitrogens with two attached hydrogens (primary N) is 1. The van der Waals surface area contributed by atoms with E-state index in [9.17, 15) is 4.39 Å². The molecule has 86 valence electrons. The number of guanidine groups is 1. The summed E-state index contributed by atoms with van der Waals surface area (Å²) < 4.78 is 17.1. The van der Waals surface area contributed by atoms with Gasteiger partial charge in [-0.25, -0.2) is 4.39 Å². The summed E-state index contributed by atoms with van der Waals surface area (Å²) in [7, 11) is 1.89. The van der Waals surface area contributed by atoms with Crippen LogP contribution in [0.2, 0.25) is 0 Å². The molecule has 1 rings (SSSR count). The standard InChI is InChI=1S/C10H15BFN3O/c11-8-5-7(6-15-10(13)14)1-2-9(8)16-4-3-12/h1-2,5H,3-4,6,11H2,(H4,13,14,15). The molecule has 4 N–H and O–H groups in total. The van der Waals surface area contributed by atoms with Crippen molar-refractivity contribution in [2.75, 3.05) is 13.3 Å². The molecule has 0 bridgehead atoms. The minimum atomic E-state index is -0.493. The molecule has 1 aromatic rings. The topological polar surface area (TPSA) is 71.1 Å². The van der Waals surface area contributed by atoms with Crippen LogP contribution in [0.4, 0.5) is 4.39 Å². The van der Waals surface area contributed by atoms with Crippen molar-refractivity contribution in [2.45, 2.75) is 6.54 Å². The summed E-state index contributed by atoms with van der Waals surface area (Å²) in [6.45, 7) is 0.0819. The molecule has 0 spiro atoms. The van der Waals surface area contributed by atoms with Crippen LogP contribution in [0.1, 0.15) is 5.56 Å². The number of nitrogens with one attached hydrogen (secondary N) is 2. The van der Waals surface area contributed by atoms with E-state index in [4.69, 9.17) is 15.9 Å². The summed E-state index contributed by atoms with van der Waals surface area (Å²) in [4.78, 5) is 0. The lowest BCUT2D eigenvalue weighted by Gasteiger charge is -2.10. The molecule has 0 saturated heterocycles. The average Bonchev–Trinajstić information content (AvgIpc) is 2.25. The van der Waals surface area contributed by atoms with Crippen LogP contribution in [0.15, 0.2) is 18.2 Å². The van der Waals surface area contributed by atoms with Gasteiger partial charge in [-0.15, -0.1) is 0 Å². The van der Waals surface area contributed by atoms with E-state index in [0.29, 0.717) is 12.3 Å². The fraction of sp³-hybridized carbons (Fsp3) is 0.300. The molecule has 0 unspecified atom stereocenters. The highest BCUT2D eigenvalue weighted by molar-refractivity contribution is 6.34. The van der Waals surface area contributed by atoms with E-state index < -0.39 is 6.67 Å². The van der Waals surface area contributed by atoms with Gasteiger partial charge in [-0.05, 0) is 17.1 Å². The Labute approximate surface area is 94.9 Å². The molecule has 0 aliphatic heterocycles. The van der Waals surface area contributed by atoms with Gasteiger partial charge in [0.25, 0.3) is 0 Å². The Morgan fingerprint density at radius 1 is 1.56 bits per heavy atom. The highest BCUT2D eigenvalue weighted by atomic mass is 19.1. The molecule has 16 heavy (non-hydrogen) atoms. The fourth-order valence-corrected chi connectivity index (χ4v) is 1.33. The first-order chi connectivity index (χ1) is 7.63. The molecule has 0 fully saturated rings. The molecule has 0 radical (unpaired) electrons. The lowest BCUT2D eigenvalue weighted by atomic mass is 9.93. The lowest BCUT2D eigenvalue weighted by molar-refractivity contribution is 0.275. The van der Waals surface area contributed by atoms with E-state index >= 15 is 0 Å². The number of halogens is 1. The molecule has 0 amide bonds. The van der Waals surface area contributed by atoms with Gasteiger partial charge < -0.3 is 15.8 Å². The molecule has 0 aromatic heterocycles. The van der Waals surface area contributed by atoms with Crippen molar-refractivity contribution in [1.82, 2.24) is 5.32 Å². The number of alkyl halides is 1. The molecule has 4 nitrogen and oxygen atoms in total. The largest absolute Gasteiger partial charge is 0.491 e. The van der Waals surface area contributed by atoms with Gasteiger partial charge in [0.2, 0.25) is 0 Å². The average molecular weight is 223 g/mol. The second kappa shape index (κ2) is 6.00. The quantitative estimate of drug-likeness (QED) is 0.350. The Balaban J connectivity index is 2.63. The van der Waals surface area contributed by atoms with E-state index in [1.807, 2.05) is 20.0 Å². The van der Waals surface area contributed by atoms with E-state index in [1.54, 1.807) is 6.07 Å². The van der Waals surface area contributed by atoms with Crippen LogP contribution in [0, 0.1) is 5.41 Å². The van der Waals surface area contributed by atoms with Crippen molar-refractivity contribution in [3.63, 3.8) is 0 Å². The zero-order valence-corrected chi connectivity index (χ0v) is 9.22. The van der Waals surface area contributed by atoms with Gasteiger partial charge in [0.05, 0.1) is 0 Å². The summed E-state index contributed by atoms with van der Waals surface area (Å²) >= 11 is 0. The third-order valence-electron chi connectivity index (χ3n) is 2.06. The van der Waals surface area contributed by atoms with Gasteiger partial charge in [0, 0.05) is 6.54 Å². The summed E-state index contributed by atoms with van der Waals surface area (Å²) in [5.41, 5.74) is 7.12. The van der Waals surface area contributed by atoms with Crippen molar-refractivity contribution in [3.05, 3.63) is 23.8 Å². The number of hydrogen-bond donors (Lipinski definition) is 3. The Bertz CT molecular complexity index is 373. The molecule has 0 saturated carbocycles. The Hall–Kier alpha value is -1.72. The molecular formula is C10H15BFN3O. The second-order valence-electron chi connectivity index (χ2n) is 3.40. The predicted molar refractivity (Wildman–Crippen MR) is 64.8 cm³/mol. The zero-order valence-electron chi connectivity index (χ0n) is 9.22. The lowest BCUT2D eigenvalue weighted by Crippen LogP contribution is -2.29. The van der Waals surface area contributed by atoms with Crippen LogP contribution in [0.3, 0.4) is 0 Å². The second-order valence-corrected chi connectivity index (χ2v) is 3.40. The van der Waals surface area contributed by atoms with Crippen molar-refractivity contribution < 1.29 is 9.13 Å². The highest BCUT2D eigenvalue weighted by Crippen LogP contribution is 2.08. The van der Waals surface area contributed by atoms with Crippen molar-refractivity contribution in [1.29, 1.82) is 5.41 Å². The smallest absolute Gasteiger partial charge is 0.185 e. The summed E-state index contributed by atoms with van der Waals surface area (Å²) in [5, 5.41) is 9.74. The van der Waals surface area contributed by atoms with Gasteiger partial charge in [-0.3, -0.25) is 5.41 Å². The van der Waals surface area contributed by atoms with Crippen LogP contribution < -0.4 is 21.3 Å². The Kier molecular flexibility index (Phi) is 4.63. The molecule has 6 heteroatoms. The van der Waals surface area contributed by atoms with E-state index in [-0.39, 0.29) is 12.6 Å². The van der Waals surface area contributed by atoms with Gasteiger partial charge in [-0.2, -0.15) is 0 Å². The van der Waals surface area contributed by atoms with Gasteiger partial charge in [-0.1, -0.05) is 12.1 Å².